The standard InChI is InChI=1S/C25H32N2O7/c1-31-16-7-6-15-17(18(16)32-2)27(21(29)34-4)25-10-9-22(14-24(25,30)20(28)33-3)8-5-12-26-13-11-23(15,25)19(22)26/h6-7,19,30H,5,8-14H2,1-4H3/t19-,22+,23+,24+,25?/m0/s1. The van der Waals surface area contributed by atoms with Crippen LogP contribution in [0, 0.1) is 5.41 Å². The molecule has 0 radical (unpaired) electrons. The van der Waals surface area contributed by atoms with Crippen LogP contribution < -0.4 is 14.4 Å². The number of nitrogens with zero attached hydrogens (tertiary/aromatic N) is 2. The molecule has 0 aromatic heterocycles. The van der Waals surface area contributed by atoms with Gasteiger partial charge in [-0.25, -0.2) is 9.59 Å². The predicted octanol–water partition coefficient (Wildman–Crippen LogP) is 2.22. The molecule has 9 nitrogen and oxygen atoms in total. The fourth-order valence-electron chi connectivity index (χ4n) is 9.10. The number of rotatable bonds is 3. The van der Waals surface area contributed by atoms with E-state index >= 15 is 0 Å². The Morgan fingerprint density at radius 3 is 2.47 bits per heavy atom. The zero-order chi connectivity index (χ0) is 24.1. The lowest BCUT2D eigenvalue weighted by atomic mass is 9.37. The van der Waals surface area contributed by atoms with Gasteiger partial charge in [0.25, 0.3) is 0 Å². The highest BCUT2D eigenvalue weighted by atomic mass is 16.6. The summed E-state index contributed by atoms with van der Waals surface area (Å²) in [5.41, 5.74) is -2.63. The Morgan fingerprint density at radius 1 is 1.00 bits per heavy atom. The first-order valence-corrected chi connectivity index (χ1v) is 12.0. The minimum Gasteiger partial charge on any atom is -0.493 e. The van der Waals surface area contributed by atoms with Gasteiger partial charge in [0.1, 0.15) is 5.54 Å². The number of anilines is 1. The van der Waals surface area contributed by atoms with Gasteiger partial charge in [0.15, 0.2) is 17.1 Å². The summed E-state index contributed by atoms with van der Waals surface area (Å²) in [4.78, 5) is 31.2. The van der Waals surface area contributed by atoms with E-state index in [4.69, 9.17) is 18.9 Å². The molecule has 3 aliphatic carbocycles. The molecule has 34 heavy (non-hydrogen) atoms. The van der Waals surface area contributed by atoms with E-state index in [1.807, 2.05) is 12.1 Å². The Bertz CT molecular complexity index is 1090. The maximum absolute atomic E-state index is 13.6. The average Bonchev–Trinajstić information content (AvgIpc) is 3.38. The number of benzene rings is 1. The van der Waals surface area contributed by atoms with E-state index < -0.39 is 28.6 Å². The van der Waals surface area contributed by atoms with Gasteiger partial charge in [-0.3, -0.25) is 9.80 Å². The molecule has 2 bridgehead atoms. The van der Waals surface area contributed by atoms with Crippen LogP contribution >= 0.6 is 0 Å². The molecule has 3 saturated carbocycles. The van der Waals surface area contributed by atoms with Crippen LogP contribution in [0.5, 0.6) is 11.5 Å². The predicted molar refractivity (Wildman–Crippen MR) is 121 cm³/mol. The lowest BCUT2D eigenvalue weighted by Crippen LogP contribution is -2.86. The third kappa shape index (κ3) is 2.03. The van der Waals surface area contributed by atoms with Crippen LogP contribution in [-0.2, 0) is 19.7 Å². The zero-order valence-electron chi connectivity index (χ0n) is 20.2. The number of amides is 1. The Hall–Kier alpha value is -2.52. The summed E-state index contributed by atoms with van der Waals surface area (Å²) < 4.78 is 22.0. The molecule has 5 atom stereocenters. The molecular weight excluding hydrogens is 440 g/mol. The number of aliphatic hydroxyl groups is 1. The second kappa shape index (κ2) is 6.79. The SMILES string of the molecule is COC(=O)N1c2c(ccc(OC)c2OC)[C@@]23CCN4CCC[C@]5(CCC12[C@](O)(C(=O)OC)C5)[C@H]43. The van der Waals surface area contributed by atoms with Crippen LogP contribution in [0.3, 0.4) is 0 Å². The van der Waals surface area contributed by atoms with Crippen molar-refractivity contribution in [1.29, 1.82) is 0 Å². The van der Waals surface area contributed by atoms with E-state index in [0.717, 1.165) is 37.9 Å². The van der Waals surface area contributed by atoms with Crippen molar-refractivity contribution in [3.8, 4) is 11.5 Å². The molecule has 1 aromatic carbocycles. The van der Waals surface area contributed by atoms with Gasteiger partial charge in [-0.15, -0.1) is 0 Å². The van der Waals surface area contributed by atoms with Gasteiger partial charge in [0.2, 0.25) is 0 Å². The number of fused-ring (bicyclic) bond motifs is 3. The summed E-state index contributed by atoms with van der Waals surface area (Å²) in [6, 6.07) is 3.95. The smallest absolute Gasteiger partial charge is 0.414 e. The topological polar surface area (TPSA) is 97.8 Å². The number of carbonyl (C=O) groups is 2. The minimum atomic E-state index is -1.89. The molecular formula is C25H32N2O7. The van der Waals surface area contributed by atoms with Crippen LogP contribution in [0.4, 0.5) is 10.5 Å². The summed E-state index contributed by atoms with van der Waals surface area (Å²) >= 11 is 0. The molecule has 2 saturated heterocycles. The third-order valence-electron chi connectivity index (χ3n) is 9.83. The Kier molecular flexibility index (Phi) is 4.39. The molecule has 7 rings (SSSR count). The lowest BCUT2D eigenvalue weighted by Gasteiger charge is -2.71. The molecule has 1 aromatic rings. The Morgan fingerprint density at radius 2 is 1.79 bits per heavy atom. The molecule has 1 unspecified atom stereocenters. The van der Waals surface area contributed by atoms with Gasteiger partial charge in [-0.1, -0.05) is 6.07 Å². The van der Waals surface area contributed by atoms with Crippen molar-refractivity contribution < 1.29 is 33.6 Å². The largest absolute Gasteiger partial charge is 0.493 e. The number of hydrogen-bond donors (Lipinski definition) is 1. The van der Waals surface area contributed by atoms with Gasteiger partial charge < -0.3 is 24.1 Å². The molecule has 1 N–H and O–H groups in total. The van der Waals surface area contributed by atoms with Gasteiger partial charge in [-0.2, -0.15) is 0 Å². The average molecular weight is 473 g/mol. The second-order valence-electron chi connectivity index (χ2n) is 10.5. The molecule has 6 aliphatic rings. The first-order chi connectivity index (χ1) is 16.3. The fraction of sp³-hybridized carbons (Fsp3) is 0.680. The van der Waals surface area contributed by atoms with Crippen molar-refractivity contribution in [2.75, 3.05) is 46.4 Å². The number of carbonyl (C=O) groups excluding carboxylic acids is 2. The second-order valence-corrected chi connectivity index (χ2v) is 10.5. The van der Waals surface area contributed by atoms with Crippen molar-refractivity contribution in [1.82, 2.24) is 4.90 Å². The summed E-state index contributed by atoms with van der Waals surface area (Å²) in [6.07, 6.45) is 3.60. The van der Waals surface area contributed by atoms with E-state index in [1.165, 1.54) is 26.2 Å². The number of piperidine rings is 1. The molecule has 5 fully saturated rings. The Labute approximate surface area is 198 Å². The molecule has 3 spiro atoms. The summed E-state index contributed by atoms with van der Waals surface area (Å²) in [7, 11) is 5.72. The summed E-state index contributed by atoms with van der Waals surface area (Å²) in [5.74, 6) is 0.189. The first-order valence-electron chi connectivity index (χ1n) is 12.0. The number of esters is 1. The minimum absolute atomic E-state index is 0.0962. The van der Waals surface area contributed by atoms with Crippen LogP contribution in [0.15, 0.2) is 12.1 Å². The maximum Gasteiger partial charge on any atom is 0.414 e. The summed E-state index contributed by atoms with van der Waals surface area (Å²) in [6.45, 7) is 1.82. The van der Waals surface area contributed by atoms with Crippen molar-refractivity contribution in [3.05, 3.63) is 17.7 Å². The van der Waals surface area contributed by atoms with E-state index in [-0.39, 0.29) is 17.9 Å². The molecule has 3 heterocycles. The van der Waals surface area contributed by atoms with Crippen molar-refractivity contribution in [2.24, 2.45) is 5.41 Å². The van der Waals surface area contributed by atoms with Gasteiger partial charge in [-0.05, 0) is 68.7 Å². The van der Waals surface area contributed by atoms with Gasteiger partial charge >= 0.3 is 12.1 Å². The van der Waals surface area contributed by atoms with Gasteiger partial charge in [0, 0.05) is 11.5 Å². The van der Waals surface area contributed by atoms with E-state index in [2.05, 4.69) is 4.90 Å². The molecule has 1 amide bonds. The van der Waals surface area contributed by atoms with Crippen LogP contribution in [0.25, 0.3) is 0 Å². The fourth-order valence-corrected chi connectivity index (χ4v) is 9.10. The number of ether oxygens (including phenoxy) is 4. The first kappa shape index (κ1) is 22.0. The number of hydrogen-bond acceptors (Lipinski definition) is 8. The zero-order valence-corrected chi connectivity index (χ0v) is 20.2. The maximum atomic E-state index is 13.6. The van der Waals surface area contributed by atoms with Crippen molar-refractivity contribution >= 4 is 17.7 Å². The highest BCUT2D eigenvalue weighted by Crippen LogP contribution is 2.78. The van der Waals surface area contributed by atoms with Gasteiger partial charge in [0.05, 0.1) is 34.1 Å². The van der Waals surface area contributed by atoms with Crippen molar-refractivity contribution in [2.45, 2.75) is 61.1 Å². The highest BCUT2D eigenvalue weighted by molar-refractivity contribution is 6.01. The molecule has 9 heteroatoms. The Balaban J connectivity index is 1.76. The highest BCUT2D eigenvalue weighted by Gasteiger charge is 2.87. The molecule has 184 valence electrons. The summed E-state index contributed by atoms with van der Waals surface area (Å²) in [5, 5.41) is 12.5. The number of methoxy groups -OCH3 is 4. The van der Waals surface area contributed by atoms with Crippen LogP contribution in [0.1, 0.15) is 44.1 Å². The van der Waals surface area contributed by atoms with Crippen LogP contribution in [-0.4, -0.2) is 80.8 Å². The monoisotopic (exact) mass is 472 g/mol. The third-order valence-corrected chi connectivity index (χ3v) is 9.83. The quantitative estimate of drug-likeness (QED) is 0.669. The normalized spacial score (nSPS) is 39.2. The molecule has 3 aliphatic heterocycles. The van der Waals surface area contributed by atoms with Crippen molar-refractivity contribution in [3.63, 3.8) is 0 Å². The van der Waals surface area contributed by atoms with E-state index in [0.29, 0.717) is 30.0 Å². The van der Waals surface area contributed by atoms with Crippen LogP contribution in [0.2, 0.25) is 0 Å². The van der Waals surface area contributed by atoms with E-state index in [1.54, 1.807) is 7.11 Å². The lowest BCUT2D eigenvalue weighted by molar-refractivity contribution is -0.227. The van der Waals surface area contributed by atoms with E-state index in [9.17, 15) is 14.7 Å².